The van der Waals surface area contributed by atoms with Gasteiger partial charge in [0, 0.05) is 55.1 Å². The van der Waals surface area contributed by atoms with E-state index >= 15 is 4.39 Å². The van der Waals surface area contributed by atoms with Crippen molar-refractivity contribution in [2.24, 2.45) is 0 Å². The fourth-order valence-electron chi connectivity index (χ4n) is 4.96. The average Bonchev–Trinajstić information content (AvgIpc) is 3.38. The van der Waals surface area contributed by atoms with Gasteiger partial charge in [-0.25, -0.2) is 27.2 Å². The van der Waals surface area contributed by atoms with Crippen molar-refractivity contribution in [3.8, 4) is 11.3 Å². The van der Waals surface area contributed by atoms with Crippen LogP contribution in [-0.4, -0.2) is 72.2 Å². The Hall–Kier alpha value is -4.10. The molecule has 42 heavy (non-hydrogen) atoms. The first kappa shape index (κ1) is 29.4. The predicted octanol–water partition coefficient (Wildman–Crippen LogP) is 4.84. The first-order valence-electron chi connectivity index (χ1n) is 13.8. The SMILES string of the molecule is CCCS(=O)(=O)Nc1ccc(F)c(C(=O)Nc2cnc3[nH]c(-c4ccc(N5CCN(C(C)C)CC5)nc4)cc3c2)c1F. The molecule has 1 amide bonds. The second-order valence-corrected chi connectivity index (χ2v) is 12.4. The van der Waals surface area contributed by atoms with Gasteiger partial charge in [0.15, 0.2) is 5.82 Å². The van der Waals surface area contributed by atoms with Crippen molar-refractivity contribution in [2.75, 3.05) is 46.9 Å². The molecule has 4 heterocycles. The Bertz CT molecular complexity index is 1700. The van der Waals surface area contributed by atoms with Gasteiger partial charge in [-0.15, -0.1) is 0 Å². The number of benzene rings is 1. The molecule has 0 radical (unpaired) electrons. The number of carbonyl (C=O) groups excluding carboxylic acids is 1. The number of hydrogen-bond donors (Lipinski definition) is 3. The van der Waals surface area contributed by atoms with Crippen molar-refractivity contribution in [1.29, 1.82) is 0 Å². The number of amides is 1. The molecule has 0 saturated carbocycles. The monoisotopic (exact) mass is 597 g/mol. The maximum atomic E-state index is 15.0. The van der Waals surface area contributed by atoms with Gasteiger partial charge in [-0.05, 0) is 56.7 Å². The minimum Gasteiger partial charge on any atom is -0.354 e. The number of nitrogens with zero attached hydrogens (tertiary/aromatic N) is 4. The second-order valence-electron chi connectivity index (χ2n) is 10.5. The molecule has 4 aromatic rings. The highest BCUT2D eigenvalue weighted by Gasteiger charge is 2.24. The first-order valence-corrected chi connectivity index (χ1v) is 15.4. The molecule has 5 rings (SSSR count). The van der Waals surface area contributed by atoms with E-state index in [2.05, 4.69) is 48.6 Å². The molecular weight excluding hydrogens is 564 g/mol. The molecule has 0 bridgehead atoms. The van der Waals surface area contributed by atoms with E-state index in [-0.39, 0.29) is 11.4 Å². The molecule has 3 N–H and O–H groups in total. The van der Waals surface area contributed by atoms with Crippen molar-refractivity contribution in [3.63, 3.8) is 0 Å². The molecule has 0 atom stereocenters. The number of anilines is 3. The van der Waals surface area contributed by atoms with Gasteiger partial charge >= 0.3 is 0 Å². The number of aromatic nitrogens is 3. The van der Waals surface area contributed by atoms with Crippen LogP contribution in [0.5, 0.6) is 0 Å². The lowest BCUT2D eigenvalue weighted by molar-refractivity contribution is 0.101. The van der Waals surface area contributed by atoms with E-state index in [1.807, 2.05) is 18.2 Å². The summed E-state index contributed by atoms with van der Waals surface area (Å²) < 4.78 is 55.7. The highest BCUT2D eigenvalue weighted by molar-refractivity contribution is 7.92. The molecule has 0 spiro atoms. The van der Waals surface area contributed by atoms with E-state index in [0.717, 1.165) is 55.4 Å². The van der Waals surface area contributed by atoms with Crippen LogP contribution >= 0.6 is 0 Å². The smallest absolute Gasteiger partial charge is 0.261 e. The van der Waals surface area contributed by atoms with Crippen molar-refractivity contribution < 1.29 is 22.0 Å². The van der Waals surface area contributed by atoms with E-state index in [0.29, 0.717) is 23.5 Å². The first-order chi connectivity index (χ1) is 20.0. The molecule has 1 aliphatic rings. The van der Waals surface area contributed by atoms with E-state index in [9.17, 15) is 17.6 Å². The van der Waals surface area contributed by atoms with Gasteiger partial charge < -0.3 is 15.2 Å². The lowest BCUT2D eigenvalue weighted by Gasteiger charge is -2.37. The summed E-state index contributed by atoms with van der Waals surface area (Å²) in [6.07, 6.45) is 3.47. The highest BCUT2D eigenvalue weighted by atomic mass is 32.2. The van der Waals surface area contributed by atoms with Gasteiger partial charge in [0.1, 0.15) is 22.8 Å². The molecule has 0 aliphatic carbocycles. The third-order valence-corrected chi connectivity index (χ3v) is 8.69. The number of halogens is 2. The molecule has 1 aliphatic heterocycles. The van der Waals surface area contributed by atoms with Crippen molar-refractivity contribution in [2.45, 2.75) is 33.2 Å². The maximum Gasteiger partial charge on any atom is 0.261 e. The summed E-state index contributed by atoms with van der Waals surface area (Å²) in [4.78, 5) is 29.8. The number of fused-ring (bicyclic) bond motifs is 1. The van der Waals surface area contributed by atoms with Crippen LogP contribution in [0.4, 0.5) is 26.0 Å². The number of aromatic amines is 1. The highest BCUT2D eigenvalue weighted by Crippen LogP contribution is 2.27. The Morgan fingerprint density at radius 3 is 2.48 bits per heavy atom. The Kier molecular flexibility index (Phi) is 8.41. The minimum atomic E-state index is -3.85. The molecule has 222 valence electrons. The van der Waals surface area contributed by atoms with E-state index < -0.39 is 38.8 Å². The number of piperazine rings is 1. The Morgan fingerprint density at radius 2 is 1.81 bits per heavy atom. The van der Waals surface area contributed by atoms with Crippen LogP contribution in [0.1, 0.15) is 37.6 Å². The normalized spacial score (nSPS) is 14.5. The third kappa shape index (κ3) is 6.36. The van der Waals surface area contributed by atoms with Gasteiger partial charge in [0.25, 0.3) is 5.91 Å². The molecule has 3 aromatic heterocycles. The summed E-state index contributed by atoms with van der Waals surface area (Å²) in [5.74, 6) is -2.83. The van der Waals surface area contributed by atoms with Gasteiger partial charge in [0.2, 0.25) is 10.0 Å². The van der Waals surface area contributed by atoms with Crippen LogP contribution in [0, 0.1) is 11.6 Å². The summed E-state index contributed by atoms with van der Waals surface area (Å²) in [5, 5.41) is 3.12. The number of pyridine rings is 2. The average molecular weight is 598 g/mol. The van der Waals surface area contributed by atoms with Crippen molar-refractivity contribution in [3.05, 3.63) is 66.0 Å². The Balaban J connectivity index is 1.31. The molecule has 1 aromatic carbocycles. The summed E-state index contributed by atoms with van der Waals surface area (Å²) in [5.41, 5.74) is 0.988. The molecule has 1 saturated heterocycles. The number of carbonyl (C=O) groups is 1. The summed E-state index contributed by atoms with van der Waals surface area (Å²) in [6, 6.07) is 9.76. The topological polar surface area (TPSA) is 123 Å². The summed E-state index contributed by atoms with van der Waals surface area (Å²) in [6.45, 7) is 9.89. The van der Waals surface area contributed by atoms with Crippen LogP contribution in [0.15, 0.2) is 48.8 Å². The molecule has 0 unspecified atom stereocenters. The zero-order chi connectivity index (χ0) is 30.0. The Labute approximate surface area is 243 Å². The van der Waals surface area contributed by atoms with Crippen LogP contribution in [0.2, 0.25) is 0 Å². The largest absolute Gasteiger partial charge is 0.354 e. The second kappa shape index (κ2) is 12.0. The maximum absolute atomic E-state index is 15.0. The molecular formula is C29H33F2N7O3S. The molecule has 13 heteroatoms. The number of hydrogen-bond acceptors (Lipinski definition) is 7. The minimum absolute atomic E-state index is 0.211. The van der Waals surface area contributed by atoms with Gasteiger partial charge in [0.05, 0.1) is 23.3 Å². The number of nitrogens with one attached hydrogen (secondary N) is 3. The lowest BCUT2D eigenvalue weighted by Crippen LogP contribution is -2.49. The van der Waals surface area contributed by atoms with Crippen molar-refractivity contribution in [1.82, 2.24) is 19.9 Å². The summed E-state index contributed by atoms with van der Waals surface area (Å²) in [7, 11) is -3.85. The molecule has 1 fully saturated rings. The molecule has 10 nitrogen and oxygen atoms in total. The zero-order valence-corrected chi connectivity index (χ0v) is 24.4. The van der Waals surface area contributed by atoms with E-state index in [4.69, 9.17) is 0 Å². The van der Waals surface area contributed by atoms with E-state index in [1.54, 1.807) is 19.2 Å². The number of H-pyrrole nitrogens is 1. The van der Waals surface area contributed by atoms with Crippen LogP contribution < -0.4 is 14.9 Å². The van der Waals surface area contributed by atoms with Crippen LogP contribution in [0.3, 0.4) is 0 Å². The van der Waals surface area contributed by atoms with E-state index in [1.165, 1.54) is 6.20 Å². The standard InChI is InChI=1S/C29H33F2N7O3S/c1-4-13-42(40,41)36-23-7-6-22(30)26(27(23)31)29(39)34-21-14-20-15-24(35-28(20)33-17-21)19-5-8-25(32-16-19)38-11-9-37(10-12-38)18(2)3/h5-8,14-18,36H,4,9-13H2,1-3H3,(H,33,35)(H,34,39). The number of rotatable bonds is 9. The van der Waals surface area contributed by atoms with Crippen LogP contribution in [-0.2, 0) is 10.0 Å². The number of sulfonamides is 1. The lowest BCUT2D eigenvalue weighted by atomic mass is 10.1. The zero-order valence-electron chi connectivity index (χ0n) is 23.6. The summed E-state index contributed by atoms with van der Waals surface area (Å²) >= 11 is 0. The fourth-order valence-corrected chi connectivity index (χ4v) is 6.09. The van der Waals surface area contributed by atoms with Crippen LogP contribution in [0.25, 0.3) is 22.3 Å². The Morgan fingerprint density at radius 1 is 1.05 bits per heavy atom. The van der Waals surface area contributed by atoms with Crippen molar-refractivity contribution >= 4 is 44.2 Å². The predicted molar refractivity (Wildman–Crippen MR) is 160 cm³/mol. The third-order valence-electron chi connectivity index (χ3n) is 7.21. The van der Waals surface area contributed by atoms with Gasteiger partial charge in [-0.2, -0.15) is 0 Å². The van der Waals surface area contributed by atoms with Gasteiger partial charge in [-0.3, -0.25) is 14.4 Å². The fraction of sp³-hybridized carbons (Fsp3) is 0.345. The quantitative estimate of drug-likeness (QED) is 0.252. The van der Waals surface area contributed by atoms with Gasteiger partial charge in [-0.1, -0.05) is 6.92 Å².